The molecule has 0 saturated heterocycles. The standard InChI is InChI=1S/C39H34ClF3N8O7/c1-56-34(55)30(21-44-32(53)33(54)45-27-6-5-9-29(20-27)58-28-7-3-2-4-8-28)47-31(52)23-10-16-26(17-11-23)46-35-48-36(50-37(49-35)57-22-39(41,42)43)51-38(18-19-38)24-12-14-25(40)15-13-24/h2-17,20,30H,18-19,21-22H2,1H3,(H,44,53)(H,45,54)(H,47,52)(H2,46,48,49,50,51)/t30-/m0/s1. The molecular formula is C39H34ClF3N8O7. The highest BCUT2D eigenvalue weighted by Gasteiger charge is 2.45. The number of carbonyl (C=O) groups is 4. The average molecular weight is 819 g/mol. The first kappa shape index (κ1) is 40.7. The monoisotopic (exact) mass is 818 g/mol. The van der Waals surface area contributed by atoms with Gasteiger partial charge < -0.3 is 40.8 Å². The Hall–Kier alpha value is -6.95. The topological polar surface area (TPSA) is 195 Å². The van der Waals surface area contributed by atoms with Crippen molar-refractivity contribution < 1.29 is 46.6 Å². The number of anilines is 4. The first-order valence-electron chi connectivity index (χ1n) is 17.5. The number of nitrogens with zero attached hydrogens (tertiary/aromatic N) is 3. The summed E-state index contributed by atoms with van der Waals surface area (Å²) in [6.07, 6.45) is -3.25. The van der Waals surface area contributed by atoms with Crippen LogP contribution in [0.1, 0.15) is 28.8 Å². The van der Waals surface area contributed by atoms with E-state index in [0.717, 1.165) is 12.7 Å². The number of hydrogen-bond acceptors (Lipinski definition) is 12. The van der Waals surface area contributed by atoms with E-state index in [1.807, 2.05) is 18.2 Å². The third-order valence-corrected chi connectivity index (χ3v) is 8.67. The van der Waals surface area contributed by atoms with Crippen LogP contribution in [-0.2, 0) is 24.7 Å². The number of para-hydroxylation sites is 1. The molecule has 0 bridgehead atoms. The third kappa shape index (κ3) is 11.3. The summed E-state index contributed by atoms with van der Waals surface area (Å²) in [5.41, 5.74) is 0.990. The number of amides is 3. The van der Waals surface area contributed by atoms with E-state index in [9.17, 15) is 32.3 Å². The second kappa shape index (κ2) is 17.9. The molecule has 3 amide bonds. The fourth-order valence-electron chi connectivity index (χ4n) is 5.41. The molecule has 0 radical (unpaired) electrons. The minimum atomic E-state index is -4.65. The molecule has 1 aliphatic rings. The first-order valence-corrected chi connectivity index (χ1v) is 17.8. The molecule has 1 aromatic heterocycles. The Bertz CT molecular complexity index is 2260. The molecule has 1 atom stereocenters. The van der Waals surface area contributed by atoms with Gasteiger partial charge in [-0.2, -0.15) is 28.1 Å². The van der Waals surface area contributed by atoms with Crippen molar-refractivity contribution in [3.63, 3.8) is 0 Å². The molecule has 4 aromatic carbocycles. The van der Waals surface area contributed by atoms with Crippen LogP contribution in [0.5, 0.6) is 17.5 Å². The Balaban J connectivity index is 1.07. The van der Waals surface area contributed by atoms with Gasteiger partial charge in [0.15, 0.2) is 6.61 Å². The quantitative estimate of drug-likeness (QED) is 0.0600. The largest absolute Gasteiger partial charge is 0.467 e. The van der Waals surface area contributed by atoms with Gasteiger partial charge >= 0.3 is 30.0 Å². The summed E-state index contributed by atoms with van der Waals surface area (Å²) in [6.45, 7) is -2.12. The van der Waals surface area contributed by atoms with Crippen LogP contribution in [-0.4, -0.2) is 71.1 Å². The molecule has 1 saturated carbocycles. The molecule has 0 unspecified atom stereocenters. The maximum atomic E-state index is 13.1. The molecular weight excluding hydrogens is 785 g/mol. The molecule has 0 aliphatic heterocycles. The molecule has 0 spiro atoms. The highest BCUT2D eigenvalue weighted by atomic mass is 35.5. The molecule has 5 aromatic rings. The van der Waals surface area contributed by atoms with Crippen molar-refractivity contribution in [2.45, 2.75) is 30.6 Å². The van der Waals surface area contributed by atoms with Gasteiger partial charge in [-0.05, 0) is 79.1 Å². The Labute approximate surface area is 333 Å². The van der Waals surface area contributed by atoms with Crippen molar-refractivity contribution in [2.75, 3.05) is 36.2 Å². The lowest BCUT2D eigenvalue weighted by atomic mass is 10.1. The molecule has 1 aliphatic carbocycles. The van der Waals surface area contributed by atoms with Crippen molar-refractivity contribution in [2.24, 2.45) is 0 Å². The Morgan fingerprint density at radius 3 is 2.17 bits per heavy atom. The highest BCUT2D eigenvalue weighted by Crippen LogP contribution is 2.48. The van der Waals surface area contributed by atoms with Gasteiger partial charge in [0.1, 0.15) is 17.5 Å². The molecule has 1 fully saturated rings. The van der Waals surface area contributed by atoms with E-state index >= 15 is 0 Å². The second-order valence-electron chi connectivity index (χ2n) is 12.7. The Morgan fingerprint density at radius 2 is 1.50 bits per heavy atom. The smallest absolute Gasteiger partial charge is 0.422 e. The number of methoxy groups -OCH3 is 1. The van der Waals surface area contributed by atoms with E-state index in [1.165, 1.54) is 30.3 Å². The number of alkyl halides is 3. The van der Waals surface area contributed by atoms with Crippen molar-refractivity contribution in [1.29, 1.82) is 0 Å². The zero-order valence-electron chi connectivity index (χ0n) is 30.4. The zero-order valence-corrected chi connectivity index (χ0v) is 31.2. The van der Waals surface area contributed by atoms with E-state index in [0.29, 0.717) is 35.1 Å². The first-order chi connectivity index (χ1) is 27.8. The summed E-state index contributed by atoms with van der Waals surface area (Å²) in [5, 5.41) is 13.8. The van der Waals surface area contributed by atoms with E-state index in [-0.39, 0.29) is 23.1 Å². The Morgan fingerprint density at radius 1 is 0.810 bits per heavy atom. The van der Waals surface area contributed by atoms with E-state index in [1.54, 1.807) is 54.6 Å². The van der Waals surface area contributed by atoms with Gasteiger partial charge in [-0.15, -0.1) is 0 Å². The second-order valence-corrected chi connectivity index (χ2v) is 13.2. The number of rotatable bonds is 15. The molecule has 300 valence electrons. The zero-order chi connectivity index (χ0) is 41.3. The fraction of sp³-hybridized carbons (Fsp3) is 0.205. The van der Waals surface area contributed by atoms with Crippen molar-refractivity contribution in [3.8, 4) is 17.5 Å². The van der Waals surface area contributed by atoms with E-state index in [4.69, 9.17) is 25.8 Å². The SMILES string of the molecule is COC(=O)[C@H](CNC(=O)C(=O)Nc1cccc(Oc2ccccc2)c1)NC(=O)c1ccc(Nc2nc(NC3(c4ccc(Cl)cc4)CC3)nc(OCC(F)(F)F)n2)cc1. The van der Waals surface area contributed by atoms with Crippen molar-refractivity contribution in [3.05, 3.63) is 119 Å². The lowest BCUT2D eigenvalue weighted by Gasteiger charge is -2.19. The maximum absolute atomic E-state index is 13.1. The minimum Gasteiger partial charge on any atom is -0.467 e. The lowest BCUT2D eigenvalue weighted by Crippen LogP contribution is -2.50. The molecule has 1 heterocycles. The van der Waals surface area contributed by atoms with Crippen molar-refractivity contribution in [1.82, 2.24) is 25.6 Å². The van der Waals surface area contributed by atoms with Crippen LogP contribution in [0, 0.1) is 0 Å². The predicted molar refractivity (Wildman–Crippen MR) is 205 cm³/mol. The lowest BCUT2D eigenvalue weighted by molar-refractivity contribution is -0.154. The van der Waals surface area contributed by atoms with Crippen LogP contribution in [0.2, 0.25) is 5.02 Å². The molecule has 19 heteroatoms. The van der Waals surface area contributed by atoms with Crippen LogP contribution in [0.25, 0.3) is 0 Å². The third-order valence-electron chi connectivity index (χ3n) is 8.42. The van der Waals surface area contributed by atoms with E-state index < -0.39 is 60.6 Å². The number of halogens is 4. The molecule has 5 N–H and O–H groups in total. The fourth-order valence-corrected chi connectivity index (χ4v) is 5.54. The van der Waals surface area contributed by atoms with E-state index in [2.05, 4.69) is 41.5 Å². The summed E-state index contributed by atoms with van der Waals surface area (Å²) in [4.78, 5) is 63.3. The molecule has 58 heavy (non-hydrogen) atoms. The van der Waals surface area contributed by atoms with Gasteiger partial charge in [-0.25, -0.2) is 4.79 Å². The van der Waals surface area contributed by atoms with Crippen LogP contribution in [0.15, 0.2) is 103 Å². The summed E-state index contributed by atoms with van der Waals surface area (Å²) >= 11 is 6.03. The van der Waals surface area contributed by atoms with Crippen LogP contribution >= 0.6 is 11.6 Å². The highest BCUT2D eigenvalue weighted by molar-refractivity contribution is 6.39. The minimum absolute atomic E-state index is 0.0424. The number of ether oxygens (including phenoxy) is 3. The maximum Gasteiger partial charge on any atom is 0.422 e. The van der Waals surface area contributed by atoms with Crippen LogP contribution < -0.4 is 36.1 Å². The number of aromatic nitrogens is 3. The molecule has 6 rings (SSSR count). The number of nitrogens with one attached hydrogen (secondary N) is 5. The summed E-state index contributed by atoms with van der Waals surface area (Å²) in [7, 11) is 1.09. The summed E-state index contributed by atoms with van der Waals surface area (Å²) in [5.74, 6) is -2.97. The summed E-state index contributed by atoms with van der Waals surface area (Å²) < 4.78 is 54.3. The van der Waals surface area contributed by atoms with Gasteiger partial charge in [0.05, 0.1) is 12.6 Å². The number of carbonyl (C=O) groups excluding carboxylic acids is 4. The predicted octanol–water partition coefficient (Wildman–Crippen LogP) is 6.13. The van der Waals surface area contributed by atoms with Gasteiger partial charge in [0.2, 0.25) is 11.9 Å². The summed E-state index contributed by atoms with van der Waals surface area (Å²) in [6, 6.07) is 26.1. The average Bonchev–Trinajstić information content (AvgIpc) is 3.99. The van der Waals surface area contributed by atoms with Gasteiger partial charge in [0, 0.05) is 34.6 Å². The number of hydrogen-bond donors (Lipinski definition) is 5. The van der Waals surface area contributed by atoms with Gasteiger partial charge in [0.25, 0.3) is 5.91 Å². The van der Waals surface area contributed by atoms with Crippen molar-refractivity contribution >= 4 is 58.6 Å². The van der Waals surface area contributed by atoms with Gasteiger partial charge in [-0.1, -0.05) is 48.0 Å². The van der Waals surface area contributed by atoms with Crippen LogP contribution in [0.3, 0.4) is 0 Å². The van der Waals surface area contributed by atoms with Gasteiger partial charge in [-0.3, -0.25) is 14.4 Å². The number of esters is 1. The Kier molecular flexibility index (Phi) is 12.6. The van der Waals surface area contributed by atoms with Crippen LogP contribution in [0.4, 0.5) is 36.4 Å². The number of benzene rings is 4. The molecule has 15 nitrogen and oxygen atoms in total. The normalized spacial score (nSPS) is 13.3.